The van der Waals surface area contributed by atoms with Gasteiger partial charge in [0, 0.05) is 32.7 Å². The second-order valence-electron chi connectivity index (χ2n) is 5.96. The minimum atomic E-state index is -0.342. The van der Waals surface area contributed by atoms with Crippen LogP contribution in [-0.2, 0) is 25.5 Å². The van der Waals surface area contributed by atoms with Crippen molar-refractivity contribution < 1.29 is 23.5 Å². The van der Waals surface area contributed by atoms with Crippen LogP contribution in [0.3, 0.4) is 0 Å². The molecule has 2 rings (SSSR count). The summed E-state index contributed by atoms with van der Waals surface area (Å²) in [5, 5.41) is 0. The minimum Gasteiger partial charge on any atom is -0.469 e. The van der Waals surface area contributed by atoms with Crippen molar-refractivity contribution >= 4 is 11.9 Å². The number of ether oxygens (including phenoxy) is 2. The van der Waals surface area contributed by atoms with Crippen molar-refractivity contribution in [3.8, 4) is 0 Å². The van der Waals surface area contributed by atoms with Gasteiger partial charge in [0.05, 0.1) is 33.2 Å². The normalized spacial score (nSPS) is 15.0. The van der Waals surface area contributed by atoms with E-state index in [1.165, 1.54) is 19.2 Å². The summed E-state index contributed by atoms with van der Waals surface area (Å²) in [6.07, 6.45) is 0.347. The van der Waals surface area contributed by atoms with Crippen LogP contribution in [0.2, 0.25) is 0 Å². The van der Waals surface area contributed by atoms with Crippen molar-refractivity contribution in [2.75, 3.05) is 53.0 Å². The Kier molecular flexibility index (Phi) is 7.81. The molecule has 0 saturated carbocycles. The zero-order valence-electron chi connectivity index (χ0n) is 14.6. The van der Waals surface area contributed by atoms with Crippen LogP contribution in [0.4, 0.5) is 4.39 Å². The number of carbonyl (C=O) groups is 2. The van der Waals surface area contributed by atoms with Gasteiger partial charge >= 0.3 is 5.97 Å². The molecule has 1 fully saturated rings. The fourth-order valence-electron chi connectivity index (χ4n) is 2.67. The van der Waals surface area contributed by atoms with Gasteiger partial charge in [-0.05, 0) is 17.7 Å². The van der Waals surface area contributed by atoms with E-state index in [4.69, 9.17) is 4.74 Å². The lowest BCUT2D eigenvalue weighted by atomic mass is 10.1. The van der Waals surface area contributed by atoms with Crippen molar-refractivity contribution in [1.82, 2.24) is 9.80 Å². The number of methoxy groups -OCH3 is 1. The van der Waals surface area contributed by atoms with Crippen LogP contribution in [0, 0.1) is 5.82 Å². The Bertz CT molecular complexity index is 559. The van der Waals surface area contributed by atoms with E-state index in [-0.39, 0.29) is 30.5 Å². The molecule has 0 aliphatic carbocycles. The van der Waals surface area contributed by atoms with Gasteiger partial charge in [-0.1, -0.05) is 12.1 Å². The first-order valence-corrected chi connectivity index (χ1v) is 8.47. The molecule has 0 unspecified atom stereocenters. The highest BCUT2D eigenvalue weighted by atomic mass is 19.1. The zero-order valence-corrected chi connectivity index (χ0v) is 14.6. The minimum absolute atomic E-state index is 0.0798. The number of esters is 1. The average molecular weight is 352 g/mol. The molecule has 0 spiro atoms. The Labute approximate surface area is 147 Å². The molecule has 1 heterocycles. The van der Waals surface area contributed by atoms with E-state index in [0.717, 1.165) is 25.2 Å². The Morgan fingerprint density at radius 3 is 2.52 bits per heavy atom. The molecule has 0 radical (unpaired) electrons. The van der Waals surface area contributed by atoms with Gasteiger partial charge in [0.25, 0.3) is 0 Å². The lowest BCUT2D eigenvalue weighted by Crippen LogP contribution is -2.44. The summed E-state index contributed by atoms with van der Waals surface area (Å²) < 4.78 is 23.0. The fraction of sp³-hybridized carbons (Fsp3) is 0.556. The summed E-state index contributed by atoms with van der Waals surface area (Å²) in [6.45, 7) is 4.68. The number of halogens is 1. The molecule has 25 heavy (non-hydrogen) atoms. The Balaban J connectivity index is 1.92. The van der Waals surface area contributed by atoms with Crippen LogP contribution in [0.1, 0.15) is 12.0 Å². The van der Waals surface area contributed by atoms with Crippen molar-refractivity contribution in [2.24, 2.45) is 0 Å². The van der Waals surface area contributed by atoms with Gasteiger partial charge in [0.1, 0.15) is 5.82 Å². The predicted molar refractivity (Wildman–Crippen MR) is 90.6 cm³/mol. The second-order valence-corrected chi connectivity index (χ2v) is 5.96. The fourth-order valence-corrected chi connectivity index (χ4v) is 2.67. The van der Waals surface area contributed by atoms with Gasteiger partial charge < -0.3 is 14.4 Å². The van der Waals surface area contributed by atoms with Gasteiger partial charge in [0.15, 0.2) is 0 Å². The first kappa shape index (κ1) is 19.3. The predicted octanol–water partition coefficient (Wildman–Crippen LogP) is 1.09. The van der Waals surface area contributed by atoms with E-state index < -0.39 is 0 Å². The topological polar surface area (TPSA) is 59.1 Å². The quantitative estimate of drug-likeness (QED) is 0.656. The zero-order chi connectivity index (χ0) is 18.1. The van der Waals surface area contributed by atoms with E-state index >= 15 is 0 Å². The Hall–Kier alpha value is -1.99. The number of hydrogen-bond acceptors (Lipinski definition) is 5. The molecule has 6 nitrogen and oxygen atoms in total. The highest BCUT2D eigenvalue weighted by molar-refractivity contribution is 5.79. The van der Waals surface area contributed by atoms with Gasteiger partial charge in [-0.15, -0.1) is 0 Å². The second kappa shape index (κ2) is 10.1. The van der Waals surface area contributed by atoms with Gasteiger partial charge in [-0.25, -0.2) is 4.39 Å². The van der Waals surface area contributed by atoms with Crippen LogP contribution in [0.5, 0.6) is 0 Å². The number of benzene rings is 1. The van der Waals surface area contributed by atoms with Crippen LogP contribution in [0.15, 0.2) is 24.3 Å². The molecule has 7 heteroatoms. The number of morpholine rings is 1. The van der Waals surface area contributed by atoms with E-state index in [1.807, 2.05) is 0 Å². The molecule has 1 amide bonds. The van der Waals surface area contributed by atoms with Gasteiger partial charge in [-0.2, -0.15) is 0 Å². The maximum atomic E-state index is 13.0. The SMILES string of the molecule is COC(=O)CCN(CCN1CCOCC1)C(=O)Cc1ccc(F)cc1. The first-order valence-electron chi connectivity index (χ1n) is 8.47. The molecular weight excluding hydrogens is 327 g/mol. The number of amides is 1. The van der Waals surface area contributed by atoms with Gasteiger partial charge in [0.2, 0.25) is 5.91 Å². The Morgan fingerprint density at radius 2 is 1.88 bits per heavy atom. The molecule has 1 aromatic carbocycles. The summed E-state index contributed by atoms with van der Waals surface area (Å²) in [6, 6.07) is 5.89. The number of rotatable bonds is 8. The molecular formula is C18H25FN2O4. The van der Waals surface area contributed by atoms with Crippen LogP contribution in [0.25, 0.3) is 0 Å². The third-order valence-corrected chi connectivity index (χ3v) is 4.22. The summed E-state index contributed by atoms with van der Waals surface area (Å²) in [7, 11) is 1.33. The van der Waals surface area contributed by atoms with E-state index in [9.17, 15) is 14.0 Å². The van der Waals surface area contributed by atoms with Gasteiger partial charge in [-0.3, -0.25) is 14.5 Å². The summed E-state index contributed by atoms with van der Waals surface area (Å²) in [5.41, 5.74) is 0.751. The number of nitrogens with zero attached hydrogens (tertiary/aromatic N) is 2. The van der Waals surface area contributed by atoms with Crippen molar-refractivity contribution in [3.63, 3.8) is 0 Å². The lowest BCUT2D eigenvalue weighted by molar-refractivity contribution is -0.141. The molecule has 0 N–H and O–H groups in total. The molecule has 1 saturated heterocycles. The monoisotopic (exact) mass is 352 g/mol. The molecule has 0 atom stereocenters. The van der Waals surface area contributed by atoms with Crippen molar-refractivity contribution in [2.45, 2.75) is 12.8 Å². The maximum Gasteiger partial charge on any atom is 0.307 e. The van der Waals surface area contributed by atoms with E-state index in [0.29, 0.717) is 26.3 Å². The maximum absolute atomic E-state index is 13.0. The van der Waals surface area contributed by atoms with E-state index in [2.05, 4.69) is 9.64 Å². The largest absolute Gasteiger partial charge is 0.469 e. The average Bonchev–Trinajstić information content (AvgIpc) is 2.64. The van der Waals surface area contributed by atoms with Crippen LogP contribution >= 0.6 is 0 Å². The highest BCUT2D eigenvalue weighted by Gasteiger charge is 2.18. The summed E-state index contributed by atoms with van der Waals surface area (Å²) in [5.74, 6) is -0.749. The number of carbonyl (C=O) groups excluding carboxylic acids is 2. The smallest absolute Gasteiger partial charge is 0.307 e. The molecule has 1 aromatic rings. The van der Waals surface area contributed by atoms with E-state index in [1.54, 1.807) is 17.0 Å². The van der Waals surface area contributed by atoms with Crippen LogP contribution in [-0.4, -0.2) is 74.7 Å². The first-order chi connectivity index (χ1) is 12.1. The van der Waals surface area contributed by atoms with Crippen molar-refractivity contribution in [1.29, 1.82) is 0 Å². The number of hydrogen-bond donors (Lipinski definition) is 0. The standard InChI is InChI=1S/C18H25FN2O4/c1-24-18(23)6-7-21(9-8-20-10-12-25-13-11-20)17(22)14-15-2-4-16(19)5-3-15/h2-5H,6-14H2,1H3. The molecule has 0 bridgehead atoms. The molecule has 138 valence electrons. The summed E-state index contributed by atoms with van der Waals surface area (Å²) in [4.78, 5) is 27.9. The lowest BCUT2D eigenvalue weighted by Gasteiger charge is -2.30. The van der Waals surface area contributed by atoms with Crippen LogP contribution < -0.4 is 0 Å². The Morgan fingerprint density at radius 1 is 1.20 bits per heavy atom. The molecule has 1 aliphatic heterocycles. The molecule has 1 aliphatic rings. The summed E-state index contributed by atoms with van der Waals surface area (Å²) >= 11 is 0. The third-order valence-electron chi connectivity index (χ3n) is 4.22. The third kappa shape index (κ3) is 6.80. The highest BCUT2D eigenvalue weighted by Crippen LogP contribution is 2.07. The van der Waals surface area contributed by atoms with Crippen molar-refractivity contribution in [3.05, 3.63) is 35.6 Å². The molecule has 0 aromatic heterocycles.